The molecule has 1 amide bonds. The number of carbonyl (C=O) groups excluding carboxylic acids is 1. The normalized spacial score (nSPS) is 18.7. The molecule has 0 N–H and O–H groups in total. The Bertz CT molecular complexity index is 394. The van der Waals surface area contributed by atoms with Crippen LogP contribution in [-0.2, 0) is 4.74 Å². The third-order valence-corrected chi connectivity index (χ3v) is 3.77. The van der Waals surface area contributed by atoms with Gasteiger partial charge in [0.25, 0.3) is 5.91 Å². The van der Waals surface area contributed by atoms with E-state index in [4.69, 9.17) is 4.74 Å². The lowest BCUT2D eigenvalue weighted by Gasteiger charge is -2.39. The molecular weight excluding hydrogens is 226 g/mol. The average Bonchev–Trinajstić information content (AvgIpc) is 2.40. The molecule has 1 aliphatic heterocycles. The lowest BCUT2D eigenvalue weighted by molar-refractivity contribution is 0.0301. The van der Waals surface area contributed by atoms with Crippen LogP contribution in [0.2, 0.25) is 0 Å². The predicted octanol–water partition coefficient (Wildman–Crippen LogP) is 2.58. The van der Waals surface area contributed by atoms with Crippen molar-refractivity contribution in [2.75, 3.05) is 26.8 Å². The van der Waals surface area contributed by atoms with Crippen molar-refractivity contribution in [3.05, 3.63) is 35.9 Å². The number of ether oxygens (including phenoxy) is 1. The molecule has 3 nitrogen and oxygen atoms in total. The number of hydrogen-bond donors (Lipinski definition) is 0. The molecule has 3 heteroatoms. The Morgan fingerprint density at radius 2 is 1.89 bits per heavy atom. The number of likely N-dealkylation sites (tertiary alicyclic amines) is 1. The fourth-order valence-corrected chi connectivity index (χ4v) is 2.51. The Kier molecular flexibility index (Phi) is 4.02. The second kappa shape index (κ2) is 5.53. The minimum Gasteiger partial charge on any atom is -0.384 e. The van der Waals surface area contributed by atoms with Crippen molar-refractivity contribution >= 4 is 5.91 Å². The highest BCUT2D eigenvalue weighted by Gasteiger charge is 2.31. The zero-order chi connectivity index (χ0) is 13.0. The second-order valence-corrected chi connectivity index (χ2v) is 5.40. The molecule has 0 radical (unpaired) electrons. The first-order valence-corrected chi connectivity index (χ1v) is 6.48. The van der Waals surface area contributed by atoms with Crippen LogP contribution in [0.3, 0.4) is 0 Å². The molecule has 98 valence electrons. The Balaban J connectivity index is 1.96. The molecular formula is C15H21NO2. The Morgan fingerprint density at radius 1 is 1.28 bits per heavy atom. The van der Waals surface area contributed by atoms with Crippen molar-refractivity contribution in [3.8, 4) is 0 Å². The first-order chi connectivity index (χ1) is 8.64. The zero-order valence-electron chi connectivity index (χ0n) is 11.2. The van der Waals surface area contributed by atoms with E-state index in [1.54, 1.807) is 7.11 Å². The summed E-state index contributed by atoms with van der Waals surface area (Å²) in [5.41, 5.74) is 1.01. The summed E-state index contributed by atoms with van der Waals surface area (Å²) in [6, 6.07) is 9.51. The molecule has 1 heterocycles. The van der Waals surface area contributed by atoms with Crippen molar-refractivity contribution in [1.82, 2.24) is 4.90 Å². The molecule has 0 saturated carbocycles. The third kappa shape index (κ3) is 2.91. The van der Waals surface area contributed by atoms with Gasteiger partial charge in [-0.1, -0.05) is 25.1 Å². The summed E-state index contributed by atoms with van der Waals surface area (Å²) < 4.78 is 5.26. The number of carbonyl (C=O) groups is 1. The first-order valence-electron chi connectivity index (χ1n) is 6.48. The van der Waals surface area contributed by atoms with Crippen LogP contribution >= 0.6 is 0 Å². The van der Waals surface area contributed by atoms with Crippen LogP contribution in [0, 0.1) is 5.41 Å². The van der Waals surface area contributed by atoms with Crippen LogP contribution in [0.5, 0.6) is 0 Å². The molecule has 1 aromatic rings. The minimum absolute atomic E-state index is 0.148. The number of benzene rings is 1. The van der Waals surface area contributed by atoms with Crippen LogP contribution in [0.1, 0.15) is 30.1 Å². The van der Waals surface area contributed by atoms with Crippen LogP contribution in [0.15, 0.2) is 30.3 Å². The Morgan fingerprint density at radius 3 is 2.44 bits per heavy atom. The molecule has 1 fully saturated rings. The zero-order valence-corrected chi connectivity index (χ0v) is 11.2. The van der Waals surface area contributed by atoms with E-state index < -0.39 is 0 Å². The summed E-state index contributed by atoms with van der Waals surface area (Å²) in [4.78, 5) is 14.2. The largest absolute Gasteiger partial charge is 0.384 e. The van der Waals surface area contributed by atoms with Crippen molar-refractivity contribution in [1.29, 1.82) is 0 Å². The van der Waals surface area contributed by atoms with E-state index >= 15 is 0 Å². The number of rotatable bonds is 3. The smallest absolute Gasteiger partial charge is 0.253 e. The van der Waals surface area contributed by atoms with Crippen LogP contribution in [0.25, 0.3) is 0 Å². The van der Waals surface area contributed by atoms with Gasteiger partial charge in [-0.2, -0.15) is 0 Å². The molecule has 0 spiro atoms. The van der Waals surface area contributed by atoms with Crippen molar-refractivity contribution in [3.63, 3.8) is 0 Å². The highest BCUT2D eigenvalue weighted by Crippen LogP contribution is 2.31. The predicted molar refractivity (Wildman–Crippen MR) is 71.6 cm³/mol. The third-order valence-electron chi connectivity index (χ3n) is 3.77. The monoisotopic (exact) mass is 247 g/mol. The van der Waals surface area contributed by atoms with E-state index in [0.717, 1.165) is 38.1 Å². The van der Waals surface area contributed by atoms with E-state index in [9.17, 15) is 4.79 Å². The Labute approximate surface area is 109 Å². The SMILES string of the molecule is COCC1(C)CCN(C(=O)c2ccccc2)CC1. The van der Waals surface area contributed by atoms with Gasteiger partial charge in [0.1, 0.15) is 0 Å². The van der Waals surface area contributed by atoms with E-state index in [1.807, 2.05) is 35.2 Å². The number of piperidine rings is 1. The molecule has 2 rings (SSSR count). The van der Waals surface area contributed by atoms with Crippen LogP contribution in [0.4, 0.5) is 0 Å². The van der Waals surface area contributed by atoms with Gasteiger partial charge in [0, 0.05) is 25.8 Å². The fourth-order valence-electron chi connectivity index (χ4n) is 2.51. The quantitative estimate of drug-likeness (QED) is 0.821. The standard InChI is InChI=1S/C15H21NO2/c1-15(12-18-2)8-10-16(11-9-15)14(17)13-6-4-3-5-7-13/h3-7H,8-12H2,1-2H3. The van der Waals surface area contributed by atoms with Crippen LogP contribution in [-0.4, -0.2) is 37.6 Å². The fraction of sp³-hybridized carbons (Fsp3) is 0.533. The maximum Gasteiger partial charge on any atom is 0.253 e. The van der Waals surface area contributed by atoms with Gasteiger partial charge in [0.15, 0.2) is 0 Å². The highest BCUT2D eigenvalue weighted by molar-refractivity contribution is 5.94. The summed E-state index contributed by atoms with van der Waals surface area (Å²) in [7, 11) is 1.74. The van der Waals surface area contributed by atoms with Crippen molar-refractivity contribution < 1.29 is 9.53 Å². The summed E-state index contributed by atoms with van der Waals surface area (Å²) in [6.07, 6.45) is 2.03. The summed E-state index contributed by atoms with van der Waals surface area (Å²) in [5.74, 6) is 0.148. The van der Waals surface area contributed by atoms with Gasteiger partial charge in [-0.25, -0.2) is 0 Å². The average molecular weight is 247 g/mol. The van der Waals surface area contributed by atoms with E-state index in [1.165, 1.54) is 0 Å². The van der Waals surface area contributed by atoms with Crippen LogP contribution < -0.4 is 0 Å². The van der Waals surface area contributed by atoms with E-state index in [0.29, 0.717) is 0 Å². The lowest BCUT2D eigenvalue weighted by atomic mass is 9.81. The maximum atomic E-state index is 12.3. The molecule has 0 aliphatic carbocycles. The van der Waals surface area contributed by atoms with E-state index in [2.05, 4.69) is 6.92 Å². The number of amides is 1. The molecule has 18 heavy (non-hydrogen) atoms. The van der Waals surface area contributed by atoms with Crippen molar-refractivity contribution in [2.45, 2.75) is 19.8 Å². The van der Waals surface area contributed by atoms with Gasteiger partial charge in [0.05, 0.1) is 6.61 Å². The second-order valence-electron chi connectivity index (χ2n) is 5.40. The number of nitrogens with zero attached hydrogens (tertiary/aromatic N) is 1. The summed E-state index contributed by atoms with van der Waals surface area (Å²) in [5, 5.41) is 0. The molecule has 0 atom stereocenters. The minimum atomic E-state index is 0.148. The summed E-state index contributed by atoms with van der Waals surface area (Å²) >= 11 is 0. The van der Waals surface area contributed by atoms with Gasteiger partial charge < -0.3 is 9.64 Å². The van der Waals surface area contributed by atoms with Gasteiger partial charge >= 0.3 is 0 Å². The molecule has 0 unspecified atom stereocenters. The molecule has 1 aliphatic rings. The van der Waals surface area contributed by atoms with Gasteiger partial charge in [0.2, 0.25) is 0 Å². The lowest BCUT2D eigenvalue weighted by Crippen LogP contribution is -2.43. The topological polar surface area (TPSA) is 29.5 Å². The van der Waals surface area contributed by atoms with Gasteiger partial charge in [-0.05, 0) is 30.4 Å². The highest BCUT2D eigenvalue weighted by atomic mass is 16.5. The van der Waals surface area contributed by atoms with Gasteiger partial charge in [-0.15, -0.1) is 0 Å². The van der Waals surface area contributed by atoms with Crippen molar-refractivity contribution in [2.24, 2.45) is 5.41 Å². The molecule has 0 bridgehead atoms. The maximum absolute atomic E-state index is 12.3. The molecule has 1 aromatic carbocycles. The molecule has 1 saturated heterocycles. The first kappa shape index (κ1) is 13.1. The molecule has 0 aromatic heterocycles. The summed E-state index contributed by atoms with van der Waals surface area (Å²) in [6.45, 7) is 4.67. The number of hydrogen-bond acceptors (Lipinski definition) is 2. The Hall–Kier alpha value is -1.35. The van der Waals surface area contributed by atoms with E-state index in [-0.39, 0.29) is 11.3 Å². The number of methoxy groups -OCH3 is 1. The van der Waals surface area contributed by atoms with Gasteiger partial charge in [-0.3, -0.25) is 4.79 Å².